The zero-order valence-electron chi connectivity index (χ0n) is 10.9. The molecule has 1 N–H and O–H groups in total. The zero-order chi connectivity index (χ0) is 14.2. The van der Waals surface area contributed by atoms with Crippen molar-refractivity contribution in [3.63, 3.8) is 0 Å². The van der Waals surface area contributed by atoms with Crippen molar-refractivity contribution in [2.45, 2.75) is 0 Å². The Hall–Kier alpha value is -2.24. The third kappa shape index (κ3) is 2.20. The highest BCUT2D eigenvalue weighted by Crippen LogP contribution is 2.36. The second-order valence-corrected chi connectivity index (χ2v) is 6.43. The van der Waals surface area contributed by atoms with Crippen LogP contribution in [0.5, 0.6) is 5.75 Å². The summed E-state index contributed by atoms with van der Waals surface area (Å²) in [5, 5.41) is 13.6. The number of phenols is 1. The highest BCUT2D eigenvalue weighted by atomic mass is 32.1. The first-order valence-corrected chi connectivity index (χ1v) is 8.11. The molecule has 0 radical (unpaired) electrons. The Morgan fingerprint density at radius 3 is 2.52 bits per heavy atom. The minimum atomic E-state index is 0.252. The fourth-order valence-corrected chi connectivity index (χ4v) is 3.97. The lowest BCUT2D eigenvalue weighted by molar-refractivity contribution is 0.477. The number of thiazole rings is 2. The highest BCUT2D eigenvalue weighted by Gasteiger charge is 2.12. The molecule has 5 heteroatoms. The third-order valence-electron chi connectivity index (χ3n) is 3.15. The van der Waals surface area contributed by atoms with Crippen molar-refractivity contribution in [1.29, 1.82) is 0 Å². The van der Waals surface area contributed by atoms with Gasteiger partial charge in [0.15, 0.2) is 0 Å². The largest absolute Gasteiger partial charge is 0.507 e. The van der Waals surface area contributed by atoms with Crippen LogP contribution in [0.4, 0.5) is 0 Å². The molecule has 0 unspecified atom stereocenters. The lowest BCUT2D eigenvalue weighted by Gasteiger charge is -1.98. The van der Waals surface area contributed by atoms with E-state index >= 15 is 0 Å². The smallest absolute Gasteiger partial charge is 0.144 e. The van der Waals surface area contributed by atoms with Gasteiger partial charge in [0.25, 0.3) is 0 Å². The van der Waals surface area contributed by atoms with Gasteiger partial charge >= 0.3 is 0 Å². The summed E-state index contributed by atoms with van der Waals surface area (Å²) in [7, 11) is 0. The van der Waals surface area contributed by atoms with E-state index in [0.29, 0.717) is 0 Å². The summed E-state index contributed by atoms with van der Waals surface area (Å²) in [6, 6.07) is 15.3. The number of para-hydroxylation sites is 2. The first-order valence-electron chi connectivity index (χ1n) is 6.41. The van der Waals surface area contributed by atoms with Gasteiger partial charge in [-0.05, 0) is 24.3 Å². The molecule has 0 bridgehead atoms. The van der Waals surface area contributed by atoms with Crippen LogP contribution < -0.4 is 0 Å². The minimum Gasteiger partial charge on any atom is -0.507 e. The van der Waals surface area contributed by atoms with E-state index in [-0.39, 0.29) is 5.75 Å². The van der Waals surface area contributed by atoms with Crippen LogP contribution in [0.15, 0.2) is 53.9 Å². The number of hydrogen-bond donors (Lipinski definition) is 1. The number of aromatic hydroxyl groups is 1. The first-order chi connectivity index (χ1) is 10.3. The molecule has 4 rings (SSSR count). The van der Waals surface area contributed by atoms with Crippen LogP contribution in [0.2, 0.25) is 0 Å². The number of rotatable bonds is 2. The second-order valence-electron chi connectivity index (χ2n) is 4.54. The Morgan fingerprint density at radius 2 is 1.67 bits per heavy atom. The number of nitrogens with zero attached hydrogens (tertiary/aromatic N) is 2. The van der Waals surface area contributed by atoms with E-state index in [1.54, 1.807) is 23.5 Å². The number of benzene rings is 2. The van der Waals surface area contributed by atoms with Gasteiger partial charge < -0.3 is 5.11 Å². The predicted molar refractivity (Wildman–Crippen MR) is 87.8 cm³/mol. The molecule has 0 saturated heterocycles. The Morgan fingerprint density at radius 1 is 0.857 bits per heavy atom. The quantitative estimate of drug-likeness (QED) is 0.579. The van der Waals surface area contributed by atoms with Crippen LogP contribution in [-0.4, -0.2) is 15.1 Å². The van der Waals surface area contributed by atoms with Gasteiger partial charge in [-0.25, -0.2) is 9.97 Å². The maximum absolute atomic E-state index is 9.91. The highest BCUT2D eigenvalue weighted by molar-refractivity contribution is 7.22. The molecule has 0 atom stereocenters. The Labute approximate surface area is 129 Å². The van der Waals surface area contributed by atoms with Crippen molar-refractivity contribution >= 4 is 32.9 Å². The van der Waals surface area contributed by atoms with Crippen molar-refractivity contribution in [2.24, 2.45) is 0 Å². The van der Waals surface area contributed by atoms with Gasteiger partial charge in [0.2, 0.25) is 0 Å². The zero-order valence-corrected chi connectivity index (χ0v) is 12.5. The van der Waals surface area contributed by atoms with Crippen LogP contribution in [0.25, 0.3) is 31.5 Å². The van der Waals surface area contributed by atoms with Gasteiger partial charge in [0.05, 0.1) is 15.8 Å². The maximum Gasteiger partial charge on any atom is 0.144 e. The first kappa shape index (κ1) is 12.5. The Balaban J connectivity index is 1.79. The molecular weight excluding hydrogens is 300 g/mol. The van der Waals surface area contributed by atoms with Gasteiger partial charge in [0.1, 0.15) is 21.5 Å². The van der Waals surface area contributed by atoms with Gasteiger partial charge in [0, 0.05) is 5.38 Å². The molecule has 21 heavy (non-hydrogen) atoms. The van der Waals surface area contributed by atoms with Gasteiger partial charge in [-0.1, -0.05) is 24.3 Å². The summed E-state index contributed by atoms with van der Waals surface area (Å²) in [6.45, 7) is 0. The average molecular weight is 310 g/mol. The summed E-state index contributed by atoms with van der Waals surface area (Å²) < 4.78 is 1.16. The molecule has 0 saturated carbocycles. The molecule has 0 aliphatic carbocycles. The van der Waals surface area contributed by atoms with E-state index in [0.717, 1.165) is 31.5 Å². The average Bonchev–Trinajstić information content (AvgIpc) is 3.14. The molecule has 3 nitrogen and oxygen atoms in total. The van der Waals surface area contributed by atoms with Crippen molar-refractivity contribution in [3.05, 3.63) is 53.9 Å². The fourth-order valence-electron chi connectivity index (χ4n) is 2.13. The van der Waals surface area contributed by atoms with Crippen LogP contribution in [0, 0.1) is 0 Å². The summed E-state index contributed by atoms with van der Waals surface area (Å²) >= 11 is 3.15. The van der Waals surface area contributed by atoms with Crippen LogP contribution >= 0.6 is 22.7 Å². The summed E-state index contributed by atoms with van der Waals surface area (Å²) in [5.41, 5.74) is 2.61. The second kappa shape index (κ2) is 4.95. The number of hydrogen-bond acceptors (Lipinski definition) is 5. The molecule has 2 aromatic heterocycles. The van der Waals surface area contributed by atoms with Crippen LogP contribution in [-0.2, 0) is 0 Å². The molecule has 2 aromatic carbocycles. The van der Waals surface area contributed by atoms with Crippen LogP contribution in [0.3, 0.4) is 0 Å². The van der Waals surface area contributed by atoms with E-state index in [1.807, 2.05) is 35.7 Å². The molecule has 0 aliphatic rings. The lowest BCUT2D eigenvalue weighted by Crippen LogP contribution is -1.79. The summed E-state index contributed by atoms with van der Waals surface area (Å²) in [6.07, 6.45) is 0. The van der Waals surface area contributed by atoms with E-state index in [9.17, 15) is 5.11 Å². The standard InChI is InChI=1S/C16H10N2OS2/c19-13-7-3-1-5-10(13)15-18-12(9-20-15)16-17-11-6-2-4-8-14(11)21-16/h1-9,19H. The molecule has 2 heterocycles. The van der Waals surface area contributed by atoms with Gasteiger partial charge in [-0.15, -0.1) is 22.7 Å². The molecule has 0 spiro atoms. The third-order valence-corrected chi connectivity index (χ3v) is 5.09. The SMILES string of the molecule is Oc1ccccc1-c1nc(-c2nc3ccccc3s2)cs1. The van der Waals surface area contributed by atoms with Crippen molar-refractivity contribution < 1.29 is 5.11 Å². The topological polar surface area (TPSA) is 46.0 Å². The van der Waals surface area contributed by atoms with Crippen molar-refractivity contribution in [2.75, 3.05) is 0 Å². The number of fused-ring (bicyclic) bond motifs is 1. The molecule has 4 aromatic rings. The minimum absolute atomic E-state index is 0.252. The maximum atomic E-state index is 9.91. The number of phenolic OH excluding ortho intramolecular Hbond substituents is 1. The van der Waals surface area contributed by atoms with Gasteiger partial charge in [-0.2, -0.15) is 0 Å². The monoisotopic (exact) mass is 310 g/mol. The molecule has 0 fully saturated rings. The summed E-state index contributed by atoms with van der Waals surface area (Å²) in [4.78, 5) is 9.23. The Bertz CT molecular complexity index is 894. The van der Waals surface area contributed by atoms with E-state index in [1.165, 1.54) is 11.3 Å². The normalized spacial score (nSPS) is 11.0. The van der Waals surface area contributed by atoms with E-state index in [2.05, 4.69) is 16.0 Å². The predicted octanol–water partition coefficient (Wildman–Crippen LogP) is 4.79. The number of aromatic nitrogens is 2. The Kier molecular flexibility index (Phi) is 2.94. The van der Waals surface area contributed by atoms with E-state index < -0.39 is 0 Å². The lowest BCUT2D eigenvalue weighted by atomic mass is 10.2. The van der Waals surface area contributed by atoms with Crippen molar-refractivity contribution in [1.82, 2.24) is 9.97 Å². The fraction of sp³-hybridized carbons (Fsp3) is 0. The molecule has 0 amide bonds. The van der Waals surface area contributed by atoms with Crippen LogP contribution in [0.1, 0.15) is 0 Å². The summed E-state index contributed by atoms with van der Waals surface area (Å²) in [5.74, 6) is 0.252. The molecular formula is C16H10N2OS2. The van der Waals surface area contributed by atoms with Gasteiger partial charge in [-0.3, -0.25) is 0 Å². The molecule has 102 valence electrons. The van der Waals surface area contributed by atoms with Crippen molar-refractivity contribution in [3.8, 4) is 27.0 Å². The van der Waals surface area contributed by atoms with E-state index in [4.69, 9.17) is 0 Å². The molecule has 0 aliphatic heterocycles.